The van der Waals surface area contributed by atoms with Crippen molar-refractivity contribution in [3.05, 3.63) is 102 Å². The molecule has 2 aliphatic rings. The van der Waals surface area contributed by atoms with E-state index in [2.05, 4.69) is 109 Å². The van der Waals surface area contributed by atoms with Crippen LogP contribution in [-0.2, 0) is 38.5 Å². The summed E-state index contributed by atoms with van der Waals surface area (Å²) >= 11 is 0. The topological polar surface area (TPSA) is 72.1 Å². The minimum atomic E-state index is 0.939. The zero-order chi connectivity index (χ0) is 33.8. The summed E-state index contributed by atoms with van der Waals surface area (Å²) in [6, 6.07) is 0. The Hall–Kier alpha value is -3.86. The molecule has 5 rings (SSSR count). The second-order valence-electron chi connectivity index (χ2n) is 12.7. The minimum absolute atomic E-state index is 0.939. The number of H-pyrrole nitrogens is 3. The molecule has 0 aromatic carbocycles. The third-order valence-electron chi connectivity index (χ3n) is 10.5. The summed E-state index contributed by atoms with van der Waals surface area (Å²) in [5.41, 5.74) is 23.1. The van der Waals surface area contributed by atoms with Gasteiger partial charge in [0.05, 0.1) is 34.2 Å². The van der Waals surface area contributed by atoms with Crippen molar-refractivity contribution in [1.82, 2.24) is 15.0 Å². The molecular weight excluding hydrogens is 574 g/mol. The van der Waals surface area contributed by atoms with Crippen LogP contribution in [0.4, 0.5) is 0 Å². The SMILES string of the molecule is CCC1=C(CC)/C(=C(\c2[nH]cc(CC)c2CC)c2[nH]c(C3=N/C(=C\c4[nH]cc(CC)c4CC)C(CC)=C3CC)c(CC)c2CC)N=C1. The standard InChI is InChI=1S/C42H57N5/c1-11-25-22-43-35(28(25)14-4)21-36-31(17-7)32(18-8)41(46-36)42-34(20-10)33(19-9)40(47-42)37(38-29(15-5)26(12-2)23-44-38)39-30(16-6)27(13-3)24-45-39/h21-24,43-44,47H,11-20H2,1-10H3/b36-21-,39-37-. The van der Waals surface area contributed by atoms with Gasteiger partial charge in [-0.2, -0.15) is 0 Å². The summed E-state index contributed by atoms with van der Waals surface area (Å²) in [4.78, 5) is 22.1. The van der Waals surface area contributed by atoms with Gasteiger partial charge in [-0.15, -0.1) is 0 Å². The quantitative estimate of drug-likeness (QED) is 0.158. The fourth-order valence-electron chi connectivity index (χ4n) is 8.10. The first-order valence-corrected chi connectivity index (χ1v) is 18.6. The van der Waals surface area contributed by atoms with E-state index in [1.807, 2.05) is 0 Å². The second kappa shape index (κ2) is 14.9. The van der Waals surface area contributed by atoms with Crippen molar-refractivity contribution >= 4 is 23.6 Å². The third kappa shape index (κ3) is 5.91. The Kier molecular flexibility index (Phi) is 10.9. The van der Waals surface area contributed by atoms with Crippen LogP contribution < -0.4 is 0 Å². The fourth-order valence-corrected chi connectivity index (χ4v) is 8.10. The Morgan fingerprint density at radius 1 is 0.596 bits per heavy atom. The van der Waals surface area contributed by atoms with E-state index >= 15 is 0 Å². The molecule has 0 atom stereocenters. The molecule has 2 aliphatic heterocycles. The molecule has 0 spiro atoms. The van der Waals surface area contributed by atoms with Crippen molar-refractivity contribution in [2.75, 3.05) is 0 Å². The van der Waals surface area contributed by atoms with Crippen LogP contribution in [-0.4, -0.2) is 26.9 Å². The van der Waals surface area contributed by atoms with Crippen LogP contribution in [0.15, 0.2) is 56.1 Å². The van der Waals surface area contributed by atoms with Crippen molar-refractivity contribution in [2.45, 2.75) is 133 Å². The average Bonchev–Trinajstić information content (AvgIpc) is 3.92. The molecule has 0 saturated carbocycles. The lowest BCUT2D eigenvalue weighted by molar-refractivity contribution is 1.03. The molecule has 0 fully saturated rings. The van der Waals surface area contributed by atoms with Crippen molar-refractivity contribution < 1.29 is 0 Å². The van der Waals surface area contributed by atoms with Gasteiger partial charge in [-0.1, -0.05) is 69.2 Å². The highest BCUT2D eigenvalue weighted by Crippen LogP contribution is 2.42. The molecule has 3 aromatic heterocycles. The zero-order valence-electron chi connectivity index (χ0n) is 30.8. The predicted molar refractivity (Wildman–Crippen MR) is 203 cm³/mol. The third-order valence-corrected chi connectivity index (χ3v) is 10.5. The van der Waals surface area contributed by atoms with Crippen LogP contribution in [0.1, 0.15) is 151 Å². The van der Waals surface area contributed by atoms with E-state index in [1.165, 1.54) is 84.0 Å². The highest BCUT2D eigenvalue weighted by molar-refractivity contribution is 6.16. The lowest BCUT2D eigenvalue weighted by Crippen LogP contribution is -2.07. The van der Waals surface area contributed by atoms with Gasteiger partial charge in [-0.3, -0.25) is 4.99 Å². The molecule has 0 amide bonds. The highest BCUT2D eigenvalue weighted by Gasteiger charge is 2.31. The van der Waals surface area contributed by atoms with Crippen LogP contribution in [0.2, 0.25) is 0 Å². The second-order valence-corrected chi connectivity index (χ2v) is 12.7. The highest BCUT2D eigenvalue weighted by atomic mass is 14.9. The molecule has 0 radical (unpaired) electrons. The van der Waals surface area contributed by atoms with Crippen molar-refractivity contribution in [3.63, 3.8) is 0 Å². The molecule has 3 aromatic rings. The smallest absolute Gasteiger partial charge is 0.0910 e. The number of nitrogens with one attached hydrogen (secondary N) is 3. The fraction of sp³-hybridized carbons (Fsp3) is 0.476. The summed E-state index contributed by atoms with van der Waals surface area (Å²) in [5, 5.41) is 0. The van der Waals surface area contributed by atoms with Gasteiger partial charge in [0.15, 0.2) is 0 Å². The number of hydrogen-bond acceptors (Lipinski definition) is 2. The molecule has 0 unspecified atom stereocenters. The molecule has 5 nitrogen and oxygen atoms in total. The number of nitrogens with zero attached hydrogens (tertiary/aromatic N) is 2. The Morgan fingerprint density at radius 3 is 1.79 bits per heavy atom. The molecule has 0 bridgehead atoms. The average molecular weight is 632 g/mol. The van der Waals surface area contributed by atoms with Crippen LogP contribution >= 0.6 is 0 Å². The van der Waals surface area contributed by atoms with E-state index in [9.17, 15) is 0 Å². The summed E-state index contributed by atoms with van der Waals surface area (Å²) in [6.07, 6.45) is 18.6. The molecule has 5 heterocycles. The number of aliphatic imine (C=N–C) groups is 2. The summed E-state index contributed by atoms with van der Waals surface area (Å²) in [6.45, 7) is 22.7. The monoisotopic (exact) mass is 631 g/mol. The van der Waals surface area contributed by atoms with Gasteiger partial charge in [-0.25, -0.2) is 4.99 Å². The molecule has 47 heavy (non-hydrogen) atoms. The Bertz CT molecular complexity index is 1820. The maximum atomic E-state index is 5.49. The lowest BCUT2D eigenvalue weighted by atomic mass is 9.90. The van der Waals surface area contributed by atoms with Gasteiger partial charge < -0.3 is 15.0 Å². The molecule has 5 heteroatoms. The van der Waals surface area contributed by atoms with Crippen LogP contribution in [0.25, 0.3) is 11.6 Å². The van der Waals surface area contributed by atoms with Gasteiger partial charge in [-0.05, 0) is 126 Å². The van der Waals surface area contributed by atoms with E-state index in [-0.39, 0.29) is 0 Å². The van der Waals surface area contributed by atoms with Gasteiger partial charge in [0.2, 0.25) is 0 Å². The molecular formula is C42H57N5. The van der Waals surface area contributed by atoms with E-state index in [1.54, 1.807) is 0 Å². The number of aryl methyl sites for hydroxylation is 2. The van der Waals surface area contributed by atoms with E-state index in [0.29, 0.717) is 0 Å². The van der Waals surface area contributed by atoms with Gasteiger partial charge in [0.25, 0.3) is 0 Å². The number of allylic oxidation sites excluding steroid dienone is 4. The Morgan fingerprint density at radius 2 is 1.21 bits per heavy atom. The first-order valence-electron chi connectivity index (χ1n) is 18.6. The normalized spacial score (nSPS) is 16.9. The number of hydrogen-bond donors (Lipinski definition) is 3. The number of aromatic nitrogens is 3. The summed E-state index contributed by atoms with van der Waals surface area (Å²) < 4.78 is 0. The van der Waals surface area contributed by atoms with E-state index < -0.39 is 0 Å². The van der Waals surface area contributed by atoms with E-state index in [0.717, 1.165) is 81.3 Å². The maximum absolute atomic E-state index is 5.49. The van der Waals surface area contributed by atoms with E-state index in [4.69, 9.17) is 9.98 Å². The van der Waals surface area contributed by atoms with Crippen LogP contribution in [0, 0.1) is 0 Å². The molecule has 0 saturated heterocycles. The van der Waals surface area contributed by atoms with Gasteiger partial charge in [0, 0.05) is 29.9 Å². The largest absolute Gasteiger partial charge is 0.361 e. The van der Waals surface area contributed by atoms with Crippen LogP contribution in [0.3, 0.4) is 0 Å². The van der Waals surface area contributed by atoms with Crippen molar-refractivity contribution in [2.24, 2.45) is 9.98 Å². The number of aromatic amines is 3. The summed E-state index contributed by atoms with van der Waals surface area (Å²) in [7, 11) is 0. The molecule has 0 aliphatic carbocycles. The first-order chi connectivity index (χ1) is 22.9. The minimum Gasteiger partial charge on any atom is -0.361 e. The number of rotatable bonds is 14. The molecule has 3 N–H and O–H groups in total. The lowest BCUT2D eigenvalue weighted by Gasteiger charge is -2.15. The Labute approximate surface area is 283 Å². The molecule has 250 valence electrons. The maximum Gasteiger partial charge on any atom is 0.0910 e. The zero-order valence-corrected chi connectivity index (χ0v) is 30.8. The van der Waals surface area contributed by atoms with Gasteiger partial charge in [0.1, 0.15) is 0 Å². The Balaban J connectivity index is 1.80. The van der Waals surface area contributed by atoms with Crippen molar-refractivity contribution in [1.29, 1.82) is 0 Å². The van der Waals surface area contributed by atoms with Crippen molar-refractivity contribution in [3.8, 4) is 0 Å². The first kappa shape index (κ1) is 34.5. The van der Waals surface area contributed by atoms with Crippen LogP contribution in [0.5, 0.6) is 0 Å². The van der Waals surface area contributed by atoms with Gasteiger partial charge >= 0.3 is 0 Å². The predicted octanol–water partition coefficient (Wildman–Crippen LogP) is 11.0. The summed E-state index contributed by atoms with van der Waals surface area (Å²) in [5.74, 6) is 0.